The predicted molar refractivity (Wildman–Crippen MR) is 111 cm³/mol. The van der Waals surface area contributed by atoms with Gasteiger partial charge >= 0.3 is 0 Å². The average Bonchev–Trinajstić information content (AvgIpc) is 3.12. The summed E-state index contributed by atoms with van der Waals surface area (Å²) >= 11 is 1.15. The Kier molecular flexibility index (Phi) is 6.57. The first-order valence-electron chi connectivity index (χ1n) is 8.40. The number of anilines is 1. The lowest BCUT2D eigenvalue weighted by atomic mass is 9.79. The zero-order valence-corrected chi connectivity index (χ0v) is 17.7. The molecule has 0 saturated carbocycles. The lowest BCUT2D eigenvalue weighted by molar-refractivity contribution is 0.0533. The van der Waals surface area contributed by atoms with Crippen molar-refractivity contribution in [1.82, 2.24) is 4.90 Å². The maximum absolute atomic E-state index is 12.7. The van der Waals surface area contributed by atoms with E-state index in [9.17, 15) is 13.2 Å². The van der Waals surface area contributed by atoms with E-state index in [1.54, 1.807) is 41.8 Å². The summed E-state index contributed by atoms with van der Waals surface area (Å²) < 4.78 is 27.3. The maximum atomic E-state index is 12.7. The van der Waals surface area contributed by atoms with Crippen molar-refractivity contribution in [3.8, 4) is 0 Å². The number of halogens is 1. The summed E-state index contributed by atoms with van der Waals surface area (Å²) in [6.07, 6.45) is 0.775. The van der Waals surface area contributed by atoms with E-state index in [4.69, 9.17) is 5.73 Å². The van der Waals surface area contributed by atoms with Gasteiger partial charge in [0.1, 0.15) is 4.21 Å². The minimum absolute atomic E-state index is 0. The quantitative estimate of drug-likeness (QED) is 0.780. The molecule has 1 saturated heterocycles. The van der Waals surface area contributed by atoms with Crippen LogP contribution in [0.1, 0.15) is 30.6 Å². The van der Waals surface area contributed by atoms with Gasteiger partial charge in [-0.25, -0.2) is 8.42 Å². The molecular weight excluding hydrogens is 406 g/mol. The number of thiophene rings is 1. The number of rotatable bonds is 4. The molecule has 0 radical (unpaired) electrons. The van der Waals surface area contributed by atoms with Gasteiger partial charge < -0.3 is 10.6 Å². The molecule has 6 nitrogen and oxygen atoms in total. The monoisotopic (exact) mass is 429 g/mol. The number of amides is 1. The number of carbonyl (C=O) groups is 1. The van der Waals surface area contributed by atoms with Crippen LogP contribution in [0.15, 0.2) is 46.0 Å². The Morgan fingerprint density at radius 2 is 1.93 bits per heavy atom. The van der Waals surface area contributed by atoms with Crippen molar-refractivity contribution in [2.75, 3.05) is 17.8 Å². The molecule has 1 amide bonds. The summed E-state index contributed by atoms with van der Waals surface area (Å²) in [4.78, 5) is 14.5. The number of piperidine rings is 1. The van der Waals surface area contributed by atoms with E-state index in [1.807, 2.05) is 4.90 Å². The molecule has 0 aliphatic carbocycles. The summed E-state index contributed by atoms with van der Waals surface area (Å²) in [5.41, 5.74) is 6.97. The van der Waals surface area contributed by atoms with Crippen LogP contribution in [0.3, 0.4) is 0 Å². The highest BCUT2D eigenvalue weighted by atomic mass is 35.5. The van der Waals surface area contributed by atoms with Crippen LogP contribution in [0.2, 0.25) is 0 Å². The van der Waals surface area contributed by atoms with E-state index in [0.29, 0.717) is 24.3 Å². The maximum Gasteiger partial charge on any atom is 0.271 e. The normalized spacial score (nSPS) is 19.2. The van der Waals surface area contributed by atoms with E-state index in [0.717, 1.165) is 17.8 Å². The standard InChI is InChI=1S/C18H23N3O3S2.ClH/c1-18(2)12-21(10-9-15(18)19)17(22)13-5-7-14(8-6-13)20-26(23,24)16-4-3-11-25-16;/h3-8,11,15,20H,9-10,12,19H2,1-2H3;1H. The third-order valence-corrected chi connectivity index (χ3v) is 7.52. The Hall–Kier alpha value is -1.61. The molecule has 2 heterocycles. The van der Waals surface area contributed by atoms with Crippen LogP contribution >= 0.6 is 23.7 Å². The van der Waals surface area contributed by atoms with Gasteiger partial charge in [-0.15, -0.1) is 23.7 Å². The van der Waals surface area contributed by atoms with Gasteiger partial charge in [0.2, 0.25) is 0 Å². The summed E-state index contributed by atoms with van der Waals surface area (Å²) in [7, 11) is -3.59. The van der Waals surface area contributed by atoms with E-state index >= 15 is 0 Å². The summed E-state index contributed by atoms with van der Waals surface area (Å²) in [6, 6.07) is 9.84. The highest BCUT2D eigenvalue weighted by molar-refractivity contribution is 7.94. The van der Waals surface area contributed by atoms with Crippen LogP contribution in [0.4, 0.5) is 5.69 Å². The molecule has 2 aromatic rings. The molecule has 3 N–H and O–H groups in total. The highest BCUT2D eigenvalue weighted by Gasteiger charge is 2.35. The van der Waals surface area contributed by atoms with E-state index < -0.39 is 10.0 Å². The zero-order valence-electron chi connectivity index (χ0n) is 15.2. The largest absolute Gasteiger partial charge is 0.338 e. The smallest absolute Gasteiger partial charge is 0.271 e. The summed E-state index contributed by atoms with van der Waals surface area (Å²) in [5.74, 6) is -0.0577. The summed E-state index contributed by atoms with van der Waals surface area (Å²) in [5, 5.41) is 1.71. The molecule has 1 atom stereocenters. The molecule has 1 aliphatic heterocycles. The minimum Gasteiger partial charge on any atom is -0.338 e. The predicted octanol–water partition coefficient (Wildman–Crippen LogP) is 3.17. The zero-order chi connectivity index (χ0) is 18.9. The van der Waals surface area contributed by atoms with Gasteiger partial charge in [-0.3, -0.25) is 9.52 Å². The fourth-order valence-corrected chi connectivity index (χ4v) is 5.08. The molecule has 1 aliphatic rings. The molecule has 148 valence electrons. The third kappa shape index (κ3) is 4.82. The van der Waals surface area contributed by atoms with Crippen LogP contribution in [0.25, 0.3) is 0 Å². The Balaban J connectivity index is 0.00000261. The molecule has 0 spiro atoms. The van der Waals surface area contributed by atoms with Gasteiger partial charge in [-0.2, -0.15) is 0 Å². The Morgan fingerprint density at radius 1 is 1.26 bits per heavy atom. The van der Waals surface area contributed by atoms with Crippen molar-refractivity contribution < 1.29 is 13.2 Å². The average molecular weight is 430 g/mol. The first-order valence-corrected chi connectivity index (χ1v) is 10.8. The van der Waals surface area contributed by atoms with Crippen LogP contribution in [0, 0.1) is 5.41 Å². The molecular formula is C18H24ClN3O3S2. The van der Waals surface area contributed by atoms with Crippen LogP contribution in [-0.4, -0.2) is 38.4 Å². The van der Waals surface area contributed by atoms with Gasteiger partial charge in [-0.05, 0) is 47.5 Å². The van der Waals surface area contributed by atoms with Crippen LogP contribution < -0.4 is 10.5 Å². The number of hydrogen-bond donors (Lipinski definition) is 2. The first-order chi connectivity index (χ1) is 12.2. The molecule has 1 fully saturated rings. The Bertz CT molecular complexity index is 881. The van der Waals surface area contributed by atoms with E-state index in [2.05, 4.69) is 18.6 Å². The van der Waals surface area contributed by atoms with Crippen molar-refractivity contribution >= 4 is 45.4 Å². The van der Waals surface area contributed by atoms with E-state index in [1.165, 1.54) is 0 Å². The van der Waals surface area contributed by atoms with Crippen molar-refractivity contribution in [3.05, 3.63) is 47.3 Å². The van der Waals surface area contributed by atoms with E-state index in [-0.39, 0.29) is 34.0 Å². The number of sulfonamides is 1. The number of carbonyl (C=O) groups excluding carboxylic acids is 1. The van der Waals surface area contributed by atoms with Crippen molar-refractivity contribution in [1.29, 1.82) is 0 Å². The Labute approximate surface area is 170 Å². The van der Waals surface area contributed by atoms with Gasteiger partial charge in [0.15, 0.2) is 0 Å². The van der Waals surface area contributed by atoms with Gasteiger partial charge in [0, 0.05) is 30.4 Å². The lowest BCUT2D eigenvalue weighted by Crippen LogP contribution is -2.53. The molecule has 9 heteroatoms. The number of hydrogen-bond acceptors (Lipinski definition) is 5. The molecule has 0 bridgehead atoms. The number of likely N-dealkylation sites (tertiary alicyclic amines) is 1. The van der Waals surface area contributed by atoms with Gasteiger partial charge in [-0.1, -0.05) is 19.9 Å². The van der Waals surface area contributed by atoms with Crippen molar-refractivity contribution in [2.24, 2.45) is 11.1 Å². The Morgan fingerprint density at radius 3 is 2.48 bits per heavy atom. The fourth-order valence-electron chi connectivity index (χ4n) is 3.03. The summed E-state index contributed by atoms with van der Waals surface area (Å²) in [6.45, 7) is 5.38. The van der Waals surface area contributed by atoms with Gasteiger partial charge in [0.05, 0.1) is 0 Å². The van der Waals surface area contributed by atoms with Crippen molar-refractivity contribution in [2.45, 2.75) is 30.5 Å². The molecule has 1 aromatic heterocycles. The van der Waals surface area contributed by atoms with Crippen LogP contribution in [-0.2, 0) is 10.0 Å². The highest BCUT2D eigenvalue weighted by Crippen LogP contribution is 2.29. The SMILES string of the molecule is CC1(C)CN(C(=O)c2ccc(NS(=O)(=O)c3cccs3)cc2)CCC1N.Cl. The number of benzene rings is 1. The topological polar surface area (TPSA) is 92.5 Å². The first kappa shape index (κ1) is 21.7. The number of nitrogens with zero attached hydrogens (tertiary/aromatic N) is 1. The second-order valence-corrected chi connectivity index (χ2v) is 10.1. The van der Waals surface area contributed by atoms with Gasteiger partial charge in [0.25, 0.3) is 15.9 Å². The fraction of sp³-hybridized carbons (Fsp3) is 0.389. The lowest BCUT2D eigenvalue weighted by Gasteiger charge is -2.42. The number of nitrogens with one attached hydrogen (secondary N) is 1. The third-order valence-electron chi connectivity index (χ3n) is 4.74. The molecule has 1 aromatic carbocycles. The number of nitrogens with two attached hydrogens (primary N) is 1. The minimum atomic E-state index is -3.59. The molecule has 1 unspecified atom stereocenters. The second-order valence-electron chi connectivity index (χ2n) is 7.23. The van der Waals surface area contributed by atoms with Crippen molar-refractivity contribution in [3.63, 3.8) is 0 Å². The second kappa shape index (κ2) is 8.18. The van der Waals surface area contributed by atoms with Crippen LogP contribution in [0.5, 0.6) is 0 Å². The molecule has 3 rings (SSSR count). The molecule has 27 heavy (non-hydrogen) atoms.